The van der Waals surface area contributed by atoms with E-state index in [1.54, 1.807) is 12.3 Å². The van der Waals surface area contributed by atoms with Crippen molar-refractivity contribution in [3.63, 3.8) is 0 Å². The Balaban J connectivity index is 1.43. The molecule has 1 saturated carbocycles. The number of hydrogen-bond acceptors (Lipinski definition) is 6. The monoisotopic (exact) mass is 496 g/mol. The summed E-state index contributed by atoms with van der Waals surface area (Å²) in [6.07, 6.45) is 11.6. The number of aliphatic hydroxyl groups excluding tert-OH is 3. The lowest BCUT2D eigenvalue weighted by molar-refractivity contribution is -0.147. The third-order valence-electron chi connectivity index (χ3n) is 6.65. The van der Waals surface area contributed by atoms with E-state index < -0.39 is 18.3 Å². The van der Waals surface area contributed by atoms with Crippen molar-refractivity contribution in [2.75, 3.05) is 0 Å². The molecule has 196 valence electrons. The Hall–Kier alpha value is -2.67. The maximum absolute atomic E-state index is 11.6. The van der Waals surface area contributed by atoms with Gasteiger partial charge in [-0.1, -0.05) is 48.6 Å². The van der Waals surface area contributed by atoms with E-state index in [4.69, 9.17) is 9.15 Å². The summed E-state index contributed by atoms with van der Waals surface area (Å²) < 4.78 is 10.5. The molecule has 6 heteroatoms. The number of esters is 1. The zero-order valence-electron chi connectivity index (χ0n) is 21.3. The molecule has 1 aliphatic rings. The van der Waals surface area contributed by atoms with Crippen molar-refractivity contribution in [1.82, 2.24) is 0 Å². The van der Waals surface area contributed by atoms with Crippen LogP contribution in [-0.4, -0.2) is 45.7 Å². The molecular formula is C30H40O6. The maximum Gasteiger partial charge on any atom is 0.306 e. The second kappa shape index (κ2) is 14.2. The highest BCUT2D eigenvalue weighted by Gasteiger charge is 2.39. The summed E-state index contributed by atoms with van der Waals surface area (Å²) in [5.74, 6) is 0.354. The van der Waals surface area contributed by atoms with Gasteiger partial charge in [0.05, 0.1) is 30.7 Å². The topological polar surface area (TPSA) is 100 Å². The van der Waals surface area contributed by atoms with Gasteiger partial charge in [-0.05, 0) is 69.6 Å². The van der Waals surface area contributed by atoms with Crippen LogP contribution in [0.5, 0.6) is 0 Å². The molecule has 6 nitrogen and oxygen atoms in total. The Morgan fingerprint density at radius 1 is 1.14 bits per heavy atom. The minimum atomic E-state index is -0.624. The predicted octanol–water partition coefficient (Wildman–Crippen LogP) is 5.22. The van der Waals surface area contributed by atoms with Crippen LogP contribution in [0.15, 0.2) is 71.4 Å². The van der Waals surface area contributed by atoms with Gasteiger partial charge in [-0.3, -0.25) is 4.79 Å². The molecule has 36 heavy (non-hydrogen) atoms. The lowest BCUT2D eigenvalue weighted by atomic mass is 9.89. The van der Waals surface area contributed by atoms with Crippen LogP contribution in [0.25, 0.3) is 11.3 Å². The van der Waals surface area contributed by atoms with Crippen LogP contribution < -0.4 is 0 Å². The average Bonchev–Trinajstić information content (AvgIpc) is 3.46. The van der Waals surface area contributed by atoms with Crippen molar-refractivity contribution >= 4 is 5.97 Å². The molecule has 0 amide bonds. The molecule has 1 fully saturated rings. The van der Waals surface area contributed by atoms with Gasteiger partial charge in [-0.2, -0.15) is 0 Å². The first-order valence-corrected chi connectivity index (χ1v) is 13.0. The second-order valence-electron chi connectivity index (χ2n) is 9.91. The van der Waals surface area contributed by atoms with Crippen LogP contribution >= 0.6 is 0 Å². The van der Waals surface area contributed by atoms with E-state index in [1.165, 1.54) is 0 Å². The second-order valence-corrected chi connectivity index (χ2v) is 9.91. The number of carbonyl (C=O) groups is 1. The van der Waals surface area contributed by atoms with E-state index in [0.29, 0.717) is 25.7 Å². The van der Waals surface area contributed by atoms with Gasteiger partial charge >= 0.3 is 5.97 Å². The first-order valence-electron chi connectivity index (χ1n) is 13.0. The SMILES string of the molecule is CC(C)OC(=O)CCC/C=C\C[C@@H]1[C@@H](/C=C/[C@H](O)CCc2ccc(-c3ccco3)cc2)[C@H](O)C[C@@H]1O. The molecule has 0 spiro atoms. The van der Waals surface area contributed by atoms with Gasteiger partial charge in [-0.25, -0.2) is 0 Å². The Labute approximate surface area is 214 Å². The third kappa shape index (κ3) is 8.77. The molecule has 1 aromatic heterocycles. The van der Waals surface area contributed by atoms with Crippen LogP contribution in [0.2, 0.25) is 0 Å². The number of allylic oxidation sites excluding steroid dienone is 2. The van der Waals surface area contributed by atoms with Crippen LogP contribution in [-0.2, 0) is 16.0 Å². The van der Waals surface area contributed by atoms with Crippen LogP contribution in [0.4, 0.5) is 0 Å². The Kier molecular flexibility index (Phi) is 11.0. The molecule has 0 radical (unpaired) electrons. The summed E-state index contributed by atoms with van der Waals surface area (Å²) in [7, 11) is 0. The number of rotatable bonds is 13. The van der Waals surface area contributed by atoms with Crippen LogP contribution in [0.1, 0.15) is 57.9 Å². The van der Waals surface area contributed by atoms with E-state index in [1.807, 2.05) is 68.5 Å². The number of carbonyl (C=O) groups excluding carboxylic acids is 1. The van der Waals surface area contributed by atoms with Crippen molar-refractivity contribution in [3.8, 4) is 11.3 Å². The number of aliphatic hydroxyl groups is 3. The van der Waals surface area contributed by atoms with Gasteiger partial charge < -0.3 is 24.5 Å². The van der Waals surface area contributed by atoms with E-state index in [0.717, 1.165) is 36.1 Å². The highest BCUT2D eigenvalue weighted by Crippen LogP contribution is 2.36. The van der Waals surface area contributed by atoms with Crippen molar-refractivity contribution < 1.29 is 29.3 Å². The Morgan fingerprint density at radius 3 is 2.61 bits per heavy atom. The van der Waals surface area contributed by atoms with E-state index in [2.05, 4.69) is 0 Å². The van der Waals surface area contributed by atoms with Crippen LogP contribution in [0, 0.1) is 11.8 Å². The zero-order valence-corrected chi connectivity index (χ0v) is 21.3. The number of unbranched alkanes of at least 4 members (excludes halogenated alkanes) is 1. The van der Waals surface area contributed by atoms with Gasteiger partial charge in [-0.15, -0.1) is 0 Å². The van der Waals surface area contributed by atoms with Gasteiger partial charge in [0.2, 0.25) is 0 Å². The standard InChI is InChI=1S/C30H40O6/c1-21(2)36-30(34)10-6-4-3-5-8-25-26(28(33)20-27(25)32)18-17-24(31)16-13-22-11-14-23(15-12-22)29-9-7-19-35-29/h3,5,7,9,11-12,14-15,17-19,21,24-28,31-33H,4,6,8,10,13,16,20H2,1-2H3/b5-3-,18-17+/t24-,25-,26-,27+,28-/m1/s1. The summed E-state index contributed by atoms with van der Waals surface area (Å²) >= 11 is 0. The number of aryl methyl sites for hydroxylation is 1. The fraction of sp³-hybridized carbons (Fsp3) is 0.500. The van der Waals surface area contributed by atoms with Gasteiger partial charge in [0, 0.05) is 24.3 Å². The number of furan rings is 1. The normalized spacial score (nSPS) is 23.2. The minimum absolute atomic E-state index is 0.0915. The lowest BCUT2D eigenvalue weighted by Crippen LogP contribution is -2.20. The van der Waals surface area contributed by atoms with Crippen molar-refractivity contribution in [3.05, 3.63) is 72.5 Å². The smallest absolute Gasteiger partial charge is 0.306 e. The molecule has 2 aromatic rings. The van der Waals surface area contributed by atoms with Crippen molar-refractivity contribution in [2.45, 2.75) is 83.2 Å². The summed E-state index contributed by atoms with van der Waals surface area (Å²) in [6.45, 7) is 3.68. The molecule has 0 aliphatic heterocycles. The van der Waals surface area contributed by atoms with E-state index in [9.17, 15) is 20.1 Å². The molecule has 1 heterocycles. The van der Waals surface area contributed by atoms with Crippen LogP contribution in [0.3, 0.4) is 0 Å². The fourth-order valence-corrected chi connectivity index (χ4v) is 4.71. The molecule has 3 rings (SSSR count). The third-order valence-corrected chi connectivity index (χ3v) is 6.65. The molecule has 1 aliphatic carbocycles. The summed E-state index contributed by atoms with van der Waals surface area (Å²) in [6, 6.07) is 11.9. The van der Waals surface area contributed by atoms with E-state index in [-0.39, 0.29) is 23.9 Å². The largest absolute Gasteiger partial charge is 0.464 e. The van der Waals surface area contributed by atoms with E-state index >= 15 is 0 Å². The average molecular weight is 497 g/mol. The minimum Gasteiger partial charge on any atom is -0.464 e. The summed E-state index contributed by atoms with van der Waals surface area (Å²) in [5, 5.41) is 31.4. The molecule has 0 bridgehead atoms. The van der Waals surface area contributed by atoms with Gasteiger partial charge in [0.25, 0.3) is 0 Å². The van der Waals surface area contributed by atoms with Gasteiger partial charge in [0.15, 0.2) is 0 Å². The van der Waals surface area contributed by atoms with Crippen molar-refractivity contribution in [1.29, 1.82) is 0 Å². The fourth-order valence-electron chi connectivity index (χ4n) is 4.71. The molecule has 0 unspecified atom stereocenters. The zero-order chi connectivity index (χ0) is 25.9. The molecular weight excluding hydrogens is 456 g/mol. The molecule has 3 N–H and O–H groups in total. The number of ether oxygens (including phenoxy) is 1. The molecule has 1 aromatic carbocycles. The maximum atomic E-state index is 11.6. The van der Waals surface area contributed by atoms with Crippen molar-refractivity contribution in [2.24, 2.45) is 11.8 Å². The Bertz CT molecular complexity index is 960. The predicted molar refractivity (Wildman–Crippen MR) is 140 cm³/mol. The number of hydrogen-bond donors (Lipinski definition) is 3. The summed E-state index contributed by atoms with van der Waals surface area (Å²) in [5.41, 5.74) is 2.15. The Morgan fingerprint density at radius 2 is 1.92 bits per heavy atom. The highest BCUT2D eigenvalue weighted by molar-refractivity contribution is 5.69. The molecule has 5 atom stereocenters. The first kappa shape index (κ1) is 27.9. The number of benzene rings is 1. The molecule has 0 saturated heterocycles. The lowest BCUT2D eigenvalue weighted by Gasteiger charge is -2.19. The first-order chi connectivity index (χ1) is 17.3. The van der Waals surface area contributed by atoms with Gasteiger partial charge in [0.1, 0.15) is 5.76 Å². The highest BCUT2D eigenvalue weighted by atomic mass is 16.5. The summed E-state index contributed by atoms with van der Waals surface area (Å²) in [4.78, 5) is 11.6. The quantitative estimate of drug-likeness (QED) is 0.200.